The minimum absolute atomic E-state index is 0.0185. The molecular weight excluding hydrogens is 335 g/mol. The van der Waals surface area contributed by atoms with E-state index in [-0.39, 0.29) is 23.5 Å². The number of nitrogens with two attached hydrogens (primary N) is 1. The Hall–Kier alpha value is -1.84. The van der Waals surface area contributed by atoms with Crippen LogP contribution in [0.2, 0.25) is 0 Å². The topological polar surface area (TPSA) is 147 Å². The normalized spacial score (nSPS) is 23.2. The van der Waals surface area contributed by atoms with Crippen molar-refractivity contribution in [3.63, 3.8) is 0 Å². The lowest BCUT2D eigenvalue weighted by atomic mass is 10.2. The molecule has 2 aromatic heterocycles. The van der Waals surface area contributed by atoms with Gasteiger partial charge in [-0.15, -0.1) is 0 Å². The Morgan fingerprint density at radius 3 is 2.83 bits per heavy atom. The molecule has 1 aliphatic carbocycles. The fourth-order valence-corrected chi connectivity index (χ4v) is 3.54. The van der Waals surface area contributed by atoms with Gasteiger partial charge in [-0.25, -0.2) is 4.98 Å². The minimum atomic E-state index is -5.53. The van der Waals surface area contributed by atoms with Gasteiger partial charge in [0.2, 0.25) is 5.95 Å². The van der Waals surface area contributed by atoms with Crippen molar-refractivity contribution in [3.8, 4) is 0 Å². The molecule has 9 nitrogen and oxygen atoms in total. The van der Waals surface area contributed by atoms with Crippen molar-refractivity contribution in [1.29, 1.82) is 0 Å². The summed E-state index contributed by atoms with van der Waals surface area (Å²) in [6.45, 7) is 1.60. The maximum atomic E-state index is 13.7. The lowest BCUT2D eigenvalue weighted by molar-refractivity contribution is 0.0291. The average molecular weight is 349 g/mol. The highest BCUT2D eigenvalue weighted by molar-refractivity contribution is 7.53. The lowest BCUT2D eigenvalue weighted by Gasteiger charge is -2.20. The van der Waals surface area contributed by atoms with Crippen LogP contribution in [0.15, 0.2) is 11.1 Å². The molecule has 5 N–H and O–H groups in total. The number of H-pyrrole nitrogens is 1. The summed E-state index contributed by atoms with van der Waals surface area (Å²) in [4.78, 5) is 39.4. The molecule has 2 aromatic rings. The van der Waals surface area contributed by atoms with Crippen molar-refractivity contribution in [3.05, 3.63) is 16.7 Å². The number of nitrogens with zero attached hydrogens (tertiary/aromatic N) is 3. The molecule has 126 valence electrons. The van der Waals surface area contributed by atoms with Crippen molar-refractivity contribution < 1.29 is 23.1 Å². The van der Waals surface area contributed by atoms with Crippen LogP contribution in [-0.2, 0) is 4.57 Å². The predicted octanol–water partition coefficient (Wildman–Crippen LogP) is 0.669. The molecule has 0 aliphatic heterocycles. The van der Waals surface area contributed by atoms with Gasteiger partial charge < -0.3 is 20.1 Å². The molecule has 1 fully saturated rings. The number of imidazole rings is 1. The number of nitrogens with one attached hydrogen (secondary N) is 1. The third-order valence-corrected chi connectivity index (χ3v) is 5.29. The van der Waals surface area contributed by atoms with Crippen molar-refractivity contribution in [1.82, 2.24) is 19.5 Å². The summed E-state index contributed by atoms with van der Waals surface area (Å²) in [7, 11) is -5.53. The van der Waals surface area contributed by atoms with Gasteiger partial charge in [0.15, 0.2) is 11.2 Å². The molecule has 0 bridgehead atoms. The second-order valence-electron chi connectivity index (χ2n) is 5.65. The van der Waals surface area contributed by atoms with E-state index in [4.69, 9.17) is 15.5 Å². The molecule has 0 aromatic carbocycles. The number of nitrogen functional groups attached to an aromatic ring is 1. The molecule has 12 heteroatoms. The van der Waals surface area contributed by atoms with Gasteiger partial charge >= 0.3 is 13.3 Å². The zero-order valence-corrected chi connectivity index (χ0v) is 12.7. The summed E-state index contributed by atoms with van der Waals surface area (Å²) in [5.41, 5.74) is 1.00. The Labute approximate surface area is 127 Å². The molecule has 3 rings (SSSR count). The third kappa shape index (κ3) is 2.44. The first-order valence-electron chi connectivity index (χ1n) is 6.70. The second-order valence-corrected chi connectivity index (χ2v) is 7.34. The Morgan fingerprint density at radius 2 is 2.22 bits per heavy atom. The van der Waals surface area contributed by atoms with Gasteiger partial charge in [0, 0.05) is 12.0 Å². The van der Waals surface area contributed by atoms with Crippen LogP contribution in [0.1, 0.15) is 19.4 Å². The van der Waals surface area contributed by atoms with Crippen molar-refractivity contribution >= 4 is 24.7 Å². The lowest BCUT2D eigenvalue weighted by Crippen LogP contribution is -2.22. The van der Waals surface area contributed by atoms with Crippen molar-refractivity contribution in [2.24, 2.45) is 11.8 Å². The summed E-state index contributed by atoms with van der Waals surface area (Å²) < 4.78 is 39.8. The van der Waals surface area contributed by atoms with Crippen LogP contribution in [0.5, 0.6) is 0 Å². The van der Waals surface area contributed by atoms with Gasteiger partial charge in [-0.2, -0.15) is 13.8 Å². The van der Waals surface area contributed by atoms with Gasteiger partial charge in [-0.1, -0.05) is 0 Å². The number of alkyl halides is 2. The molecule has 1 aliphatic rings. The summed E-state index contributed by atoms with van der Waals surface area (Å²) in [5, 5.41) is 0. The fourth-order valence-electron chi connectivity index (χ4n) is 2.81. The predicted molar refractivity (Wildman–Crippen MR) is 75.9 cm³/mol. The van der Waals surface area contributed by atoms with E-state index < -0.39 is 36.7 Å². The second kappa shape index (κ2) is 4.83. The molecule has 1 saturated carbocycles. The summed E-state index contributed by atoms with van der Waals surface area (Å²) >= 11 is 0. The number of halogens is 2. The number of hydrogen-bond acceptors (Lipinski definition) is 5. The van der Waals surface area contributed by atoms with E-state index in [1.54, 1.807) is 6.92 Å². The van der Waals surface area contributed by atoms with Crippen LogP contribution in [0.4, 0.5) is 14.7 Å². The number of aromatic nitrogens is 4. The van der Waals surface area contributed by atoms with Crippen LogP contribution >= 0.6 is 7.60 Å². The Morgan fingerprint density at radius 1 is 1.57 bits per heavy atom. The van der Waals surface area contributed by atoms with Crippen LogP contribution in [0.25, 0.3) is 11.2 Å². The fraction of sp³-hybridized carbons (Fsp3) is 0.545. The van der Waals surface area contributed by atoms with E-state index in [0.717, 1.165) is 0 Å². The molecule has 3 atom stereocenters. The first kappa shape index (κ1) is 16.0. The van der Waals surface area contributed by atoms with E-state index in [2.05, 4.69) is 15.0 Å². The number of fused-ring (bicyclic) bond motifs is 1. The molecule has 2 heterocycles. The van der Waals surface area contributed by atoms with Gasteiger partial charge in [-0.05, 0) is 19.3 Å². The van der Waals surface area contributed by atoms with Crippen LogP contribution < -0.4 is 11.3 Å². The maximum Gasteiger partial charge on any atom is 0.394 e. The van der Waals surface area contributed by atoms with Crippen LogP contribution in [0, 0.1) is 11.8 Å². The first-order chi connectivity index (χ1) is 10.5. The van der Waals surface area contributed by atoms with Gasteiger partial charge in [-0.3, -0.25) is 14.3 Å². The van der Waals surface area contributed by atoms with Crippen LogP contribution in [0.3, 0.4) is 0 Å². The standard InChI is InChI=1S/C11H14F2N5O4P/c1-4(5-2-6(5)11(12,13)23(20,21)22)18-3-15-7-8(18)16-10(14)17-9(7)19/h3-6H,2H2,1H3,(H2,20,21,22)(H3,14,16,17,19)/t4-,5-,6-/m1/s1. The number of aromatic amines is 1. The Bertz CT molecular complexity index is 875. The molecule has 23 heavy (non-hydrogen) atoms. The number of hydrogen-bond donors (Lipinski definition) is 4. The number of rotatable bonds is 4. The third-order valence-electron chi connectivity index (χ3n) is 4.18. The summed E-state index contributed by atoms with van der Waals surface area (Å²) in [6.07, 6.45) is 1.24. The summed E-state index contributed by atoms with van der Waals surface area (Å²) in [6, 6.07) is -0.573. The quantitative estimate of drug-likeness (QED) is 0.593. The zero-order chi connectivity index (χ0) is 17.2. The summed E-state index contributed by atoms with van der Waals surface area (Å²) in [5.74, 6) is -2.24. The SMILES string of the molecule is C[C@H]([C@H]1C[C@H]1C(F)(F)P(=O)(O)O)n1cnc2c(=O)[nH]c(N)nc21. The minimum Gasteiger partial charge on any atom is -0.369 e. The largest absolute Gasteiger partial charge is 0.394 e. The average Bonchev–Trinajstić information content (AvgIpc) is 3.11. The molecule has 0 unspecified atom stereocenters. The molecule has 0 radical (unpaired) electrons. The molecule has 0 spiro atoms. The Kier molecular flexibility index (Phi) is 3.36. The highest BCUT2D eigenvalue weighted by Crippen LogP contribution is 2.67. The molecule has 0 amide bonds. The van der Waals surface area contributed by atoms with E-state index >= 15 is 0 Å². The van der Waals surface area contributed by atoms with Gasteiger partial charge in [0.1, 0.15) is 0 Å². The van der Waals surface area contributed by atoms with E-state index in [1.165, 1.54) is 10.9 Å². The smallest absolute Gasteiger partial charge is 0.369 e. The monoisotopic (exact) mass is 349 g/mol. The van der Waals surface area contributed by atoms with E-state index in [1.807, 2.05) is 0 Å². The zero-order valence-electron chi connectivity index (χ0n) is 11.8. The van der Waals surface area contributed by atoms with Gasteiger partial charge in [0.25, 0.3) is 5.56 Å². The van der Waals surface area contributed by atoms with Gasteiger partial charge in [0.05, 0.1) is 6.33 Å². The maximum absolute atomic E-state index is 13.7. The van der Waals surface area contributed by atoms with E-state index in [0.29, 0.717) is 0 Å². The van der Waals surface area contributed by atoms with E-state index in [9.17, 15) is 18.1 Å². The highest BCUT2D eigenvalue weighted by Gasteiger charge is 2.65. The van der Waals surface area contributed by atoms with Crippen molar-refractivity contribution in [2.45, 2.75) is 25.1 Å². The molecule has 0 saturated heterocycles. The van der Waals surface area contributed by atoms with Crippen LogP contribution in [-0.4, -0.2) is 35.0 Å². The number of anilines is 1. The highest BCUT2D eigenvalue weighted by atomic mass is 31.2. The molecular formula is C11H14F2N5O4P. The first-order valence-corrected chi connectivity index (χ1v) is 8.31. The Balaban J connectivity index is 1.93. The van der Waals surface area contributed by atoms with Crippen molar-refractivity contribution in [2.75, 3.05) is 5.73 Å².